The third-order valence-electron chi connectivity index (χ3n) is 2.62. The van der Waals surface area contributed by atoms with E-state index in [1.54, 1.807) is 35.6 Å². The van der Waals surface area contributed by atoms with Gasteiger partial charge in [-0.3, -0.25) is 0 Å². The first kappa shape index (κ1) is 14.5. The molecule has 2 rings (SSSR count). The Morgan fingerprint density at radius 3 is 2.75 bits per heavy atom. The molecule has 0 atom stereocenters. The van der Waals surface area contributed by atoms with E-state index < -0.39 is 5.97 Å². The van der Waals surface area contributed by atoms with Crippen LogP contribution in [-0.2, 0) is 13.6 Å². The van der Waals surface area contributed by atoms with Gasteiger partial charge in [0.25, 0.3) is 0 Å². The van der Waals surface area contributed by atoms with Crippen molar-refractivity contribution in [2.24, 2.45) is 7.05 Å². The first-order valence-corrected chi connectivity index (χ1v) is 7.03. The van der Waals surface area contributed by atoms with Gasteiger partial charge in [-0.15, -0.1) is 5.10 Å². The molecule has 106 valence electrons. The molecule has 1 heterocycles. The highest BCUT2D eigenvalue weighted by molar-refractivity contribution is 7.99. The van der Waals surface area contributed by atoms with E-state index in [0.717, 1.165) is 23.0 Å². The monoisotopic (exact) mass is 293 g/mol. The smallest absolute Gasteiger partial charge is 0.335 e. The lowest BCUT2D eigenvalue weighted by atomic mass is 10.1. The number of hydrogen-bond donors (Lipinski definition) is 2. The van der Waals surface area contributed by atoms with Gasteiger partial charge in [-0.1, -0.05) is 23.9 Å². The van der Waals surface area contributed by atoms with Crippen LogP contribution in [0.2, 0.25) is 0 Å². The number of nitrogens with zero attached hydrogens (tertiary/aromatic N) is 4. The van der Waals surface area contributed by atoms with Crippen molar-refractivity contribution in [1.29, 1.82) is 0 Å². The van der Waals surface area contributed by atoms with Crippen LogP contribution in [0.3, 0.4) is 0 Å². The van der Waals surface area contributed by atoms with Crippen LogP contribution >= 0.6 is 11.8 Å². The summed E-state index contributed by atoms with van der Waals surface area (Å²) in [5.41, 5.74) is 1.36. The molecule has 1 aromatic heterocycles. The number of thioether (sulfide) groups is 1. The minimum Gasteiger partial charge on any atom is -0.478 e. The topological polar surface area (TPSA) is 92.9 Å². The van der Waals surface area contributed by atoms with Gasteiger partial charge in [0.1, 0.15) is 0 Å². The molecule has 0 aliphatic rings. The normalized spacial score (nSPS) is 10.7. The van der Waals surface area contributed by atoms with Gasteiger partial charge in [0, 0.05) is 25.9 Å². The molecule has 0 amide bonds. The van der Waals surface area contributed by atoms with Crippen molar-refractivity contribution in [3.8, 4) is 0 Å². The molecule has 0 aliphatic carbocycles. The number of carboxylic acid groups (broad SMARTS) is 1. The van der Waals surface area contributed by atoms with Crippen molar-refractivity contribution in [1.82, 2.24) is 25.5 Å². The fourth-order valence-corrected chi connectivity index (χ4v) is 2.30. The summed E-state index contributed by atoms with van der Waals surface area (Å²) >= 11 is 1.58. The van der Waals surface area contributed by atoms with Crippen molar-refractivity contribution >= 4 is 17.7 Å². The number of benzene rings is 1. The Bertz CT molecular complexity index is 569. The Morgan fingerprint density at radius 2 is 2.15 bits per heavy atom. The Hall–Kier alpha value is -1.93. The molecule has 2 aromatic rings. The fraction of sp³-hybridized carbons (Fsp3) is 0.333. The standard InChI is InChI=1S/C12H15N5O2S/c1-17-12(14-15-16-17)20-7-6-13-8-9-2-4-10(5-3-9)11(18)19/h2-5,13H,6-8H2,1H3,(H,18,19). The predicted molar refractivity (Wildman–Crippen MR) is 74.6 cm³/mol. The van der Waals surface area contributed by atoms with Crippen molar-refractivity contribution in [3.63, 3.8) is 0 Å². The molecule has 0 bridgehead atoms. The quantitative estimate of drug-likeness (QED) is 0.576. The van der Waals surface area contributed by atoms with Crippen molar-refractivity contribution in [3.05, 3.63) is 35.4 Å². The molecular weight excluding hydrogens is 278 g/mol. The van der Waals surface area contributed by atoms with Gasteiger partial charge < -0.3 is 10.4 Å². The number of aryl methyl sites for hydroxylation is 1. The predicted octanol–water partition coefficient (Wildman–Crippen LogP) is 0.790. The second-order valence-corrected chi connectivity index (χ2v) is 5.17. The number of rotatable bonds is 7. The first-order chi connectivity index (χ1) is 9.66. The summed E-state index contributed by atoms with van der Waals surface area (Å²) in [7, 11) is 1.81. The average Bonchev–Trinajstić information content (AvgIpc) is 2.84. The molecule has 8 heteroatoms. The molecule has 0 spiro atoms. The van der Waals surface area contributed by atoms with Crippen LogP contribution in [0, 0.1) is 0 Å². The molecule has 0 saturated heterocycles. The third-order valence-corrected chi connectivity index (χ3v) is 3.63. The van der Waals surface area contributed by atoms with Gasteiger partial charge in [-0.25, -0.2) is 9.48 Å². The number of aromatic carboxylic acids is 1. The number of tetrazole rings is 1. The molecule has 7 nitrogen and oxygen atoms in total. The lowest BCUT2D eigenvalue weighted by molar-refractivity contribution is 0.0697. The van der Waals surface area contributed by atoms with Crippen molar-refractivity contribution in [2.75, 3.05) is 12.3 Å². The van der Waals surface area contributed by atoms with Crippen LogP contribution in [0.4, 0.5) is 0 Å². The van der Waals surface area contributed by atoms with Gasteiger partial charge in [0.15, 0.2) is 0 Å². The third kappa shape index (κ3) is 4.04. The maximum Gasteiger partial charge on any atom is 0.335 e. The van der Waals surface area contributed by atoms with Gasteiger partial charge in [0.05, 0.1) is 5.56 Å². The van der Waals surface area contributed by atoms with Crippen LogP contribution in [-0.4, -0.2) is 43.6 Å². The first-order valence-electron chi connectivity index (χ1n) is 6.05. The zero-order valence-corrected chi connectivity index (χ0v) is 11.8. The summed E-state index contributed by atoms with van der Waals surface area (Å²) in [5, 5.41) is 24.1. The highest BCUT2D eigenvalue weighted by Crippen LogP contribution is 2.11. The highest BCUT2D eigenvalue weighted by atomic mass is 32.2. The van der Waals surface area contributed by atoms with Crippen LogP contribution in [0.25, 0.3) is 0 Å². The van der Waals surface area contributed by atoms with Gasteiger partial charge in [-0.05, 0) is 28.1 Å². The van der Waals surface area contributed by atoms with E-state index in [1.165, 1.54) is 0 Å². The average molecular weight is 293 g/mol. The molecule has 20 heavy (non-hydrogen) atoms. The largest absolute Gasteiger partial charge is 0.478 e. The number of aromatic nitrogens is 4. The zero-order chi connectivity index (χ0) is 14.4. The summed E-state index contributed by atoms with van der Waals surface area (Å²) in [4.78, 5) is 10.7. The molecule has 0 fully saturated rings. The molecule has 0 aliphatic heterocycles. The Labute approximate surface area is 120 Å². The van der Waals surface area contributed by atoms with Gasteiger partial charge in [0.2, 0.25) is 5.16 Å². The lowest BCUT2D eigenvalue weighted by Crippen LogP contribution is -2.16. The summed E-state index contributed by atoms with van der Waals surface area (Å²) in [6.45, 7) is 1.52. The van der Waals surface area contributed by atoms with Crippen LogP contribution in [0.5, 0.6) is 0 Å². The maximum atomic E-state index is 10.7. The summed E-state index contributed by atoms with van der Waals surface area (Å²) in [5.74, 6) is -0.0419. The second kappa shape index (κ2) is 7.01. The van der Waals surface area contributed by atoms with Crippen LogP contribution in [0.1, 0.15) is 15.9 Å². The molecular formula is C12H15N5O2S. The van der Waals surface area contributed by atoms with E-state index in [-0.39, 0.29) is 0 Å². The maximum absolute atomic E-state index is 10.7. The van der Waals surface area contributed by atoms with E-state index in [2.05, 4.69) is 20.8 Å². The van der Waals surface area contributed by atoms with Crippen LogP contribution < -0.4 is 5.32 Å². The fourth-order valence-electron chi connectivity index (χ4n) is 1.56. The van der Waals surface area contributed by atoms with E-state index in [9.17, 15) is 4.79 Å². The molecule has 2 N–H and O–H groups in total. The van der Waals surface area contributed by atoms with E-state index >= 15 is 0 Å². The summed E-state index contributed by atoms with van der Waals surface area (Å²) < 4.78 is 1.63. The van der Waals surface area contributed by atoms with E-state index in [4.69, 9.17) is 5.11 Å². The minimum atomic E-state index is -0.904. The van der Waals surface area contributed by atoms with Gasteiger partial charge in [-0.2, -0.15) is 0 Å². The molecule has 0 saturated carbocycles. The zero-order valence-electron chi connectivity index (χ0n) is 11.0. The van der Waals surface area contributed by atoms with Gasteiger partial charge >= 0.3 is 5.97 Å². The van der Waals surface area contributed by atoms with E-state index in [1.807, 2.05) is 12.1 Å². The Kier molecular flexibility index (Phi) is 5.08. The molecule has 0 unspecified atom stereocenters. The number of carboxylic acids is 1. The van der Waals surface area contributed by atoms with Crippen LogP contribution in [0.15, 0.2) is 29.4 Å². The van der Waals surface area contributed by atoms with E-state index in [0.29, 0.717) is 12.1 Å². The Morgan fingerprint density at radius 1 is 1.40 bits per heavy atom. The van der Waals surface area contributed by atoms with Crippen molar-refractivity contribution in [2.45, 2.75) is 11.7 Å². The number of carbonyl (C=O) groups is 1. The Balaban J connectivity index is 1.68. The second-order valence-electron chi connectivity index (χ2n) is 4.11. The lowest BCUT2D eigenvalue weighted by Gasteiger charge is -2.04. The molecule has 1 aromatic carbocycles. The minimum absolute atomic E-state index is 0.305. The number of nitrogens with one attached hydrogen (secondary N) is 1. The SMILES string of the molecule is Cn1nnnc1SCCNCc1ccc(C(=O)O)cc1. The van der Waals surface area contributed by atoms with Crippen molar-refractivity contribution < 1.29 is 9.90 Å². The summed E-state index contributed by atoms with van der Waals surface area (Å²) in [6, 6.07) is 6.85. The number of hydrogen-bond acceptors (Lipinski definition) is 6. The highest BCUT2D eigenvalue weighted by Gasteiger charge is 2.03. The molecule has 0 radical (unpaired) electrons. The summed E-state index contributed by atoms with van der Waals surface area (Å²) in [6.07, 6.45) is 0.